The van der Waals surface area contributed by atoms with Crippen LogP contribution < -0.4 is 5.32 Å². The second kappa shape index (κ2) is 6.37. The number of aromatic nitrogens is 3. The Kier molecular flexibility index (Phi) is 3.82. The number of benzene rings is 2. The fourth-order valence-corrected chi connectivity index (χ4v) is 4.17. The van der Waals surface area contributed by atoms with E-state index in [0.29, 0.717) is 23.6 Å². The standard InChI is InChI=1S/C21H16F2N4O/c22-15-6-14(7-16(23)10-15)20-19-17(26-21-24-11-25-27(20)21)8-13(9-18(19)28)12-4-2-1-3-5-12/h1-8,10-11,13,19-20H,9H2,(H,24,25,26)/t13-,19+,20+/m0/s1. The lowest BCUT2D eigenvalue weighted by Gasteiger charge is -2.38. The summed E-state index contributed by atoms with van der Waals surface area (Å²) in [6.45, 7) is 0. The fraction of sp³-hybridized carbons (Fsp3) is 0.190. The summed E-state index contributed by atoms with van der Waals surface area (Å²) in [6.07, 6.45) is 3.70. The lowest BCUT2D eigenvalue weighted by molar-refractivity contribution is -0.123. The first-order valence-electron chi connectivity index (χ1n) is 9.02. The number of halogens is 2. The van der Waals surface area contributed by atoms with Gasteiger partial charge in [-0.1, -0.05) is 36.4 Å². The first kappa shape index (κ1) is 16.8. The molecule has 0 saturated heterocycles. The van der Waals surface area contributed by atoms with Crippen molar-refractivity contribution in [2.75, 3.05) is 5.32 Å². The van der Waals surface area contributed by atoms with Crippen molar-refractivity contribution in [3.8, 4) is 0 Å². The lowest BCUT2D eigenvalue weighted by Crippen LogP contribution is -2.40. The number of carbonyl (C=O) groups is 1. The summed E-state index contributed by atoms with van der Waals surface area (Å²) in [4.78, 5) is 17.4. The van der Waals surface area contributed by atoms with E-state index in [9.17, 15) is 13.6 Å². The van der Waals surface area contributed by atoms with Gasteiger partial charge in [0, 0.05) is 24.1 Å². The first-order valence-corrected chi connectivity index (χ1v) is 9.02. The number of fused-ring (bicyclic) bond motifs is 2. The normalized spacial score (nSPS) is 23.4. The molecule has 7 heteroatoms. The van der Waals surface area contributed by atoms with E-state index < -0.39 is 23.6 Å². The third kappa shape index (κ3) is 2.70. The quantitative estimate of drug-likeness (QED) is 0.736. The van der Waals surface area contributed by atoms with Crippen molar-refractivity contribution in [3.63, 3.8) is 0 Å². The highest BCUT2D eigenvalue weighted by molar-refractivity contribution is 5.88. The van der Waals surface area contributed by atoms with Gasteiger partial charge in [0.05, 0.1) is 12.0 Å². The van der Waals surface area contributed by atoms with Gasteiger partial charge >= 0.3 is 0 Å². The molecule has 5 rings (SSSR count). The topological polar surface area (TPSA) is 59.8 Å². The molecular formula is C21H16F2N4O. The molecule has 2 aromatic carbocycles. The largest absolute Gasteiger partial charge is 0.328 e. The Morgan fingerprint density at radius 1 is 1.04 bits per heavy atom. The third-order valence-corrected chi connectivity index (χ3v) is 5.35. The Morgan fingerprint density at radius 2 is 1.79 bits per heavy atom. The number of Topliss-reactive ketones (excluding diaryl/α,β-unsaturated/α-hetero) is 1. The van der Waals surface area contributed by atoms with Crippen LogP contribution in [0.2, 0.25) is 0 Å². The maximum absolute atomic E-state index is 13.9. The fourth-order valence-electron chi connectivity index (χ4n) is 4.17. The summed E-state index contributed by atoms with van der Waals surface area (Å²) in [5.74, 6) is -1.60. The third-order valence-electron chi connectivity index (χ3n) is 5.35. The smallest absolute Gasteiger partial charge is 0.226 e. The van der Waals surface area contributed by atoms with Crippen LogP contribution in [-0.2, 0) is 4.79 Å². The minimum Gasteiger partial charge on any atom is -0.328 e. The molecule has 3 atom stereocenters. The highest BCUT2D eigenvalue weighted by Gasteiger charge is 2.43. The minimum absolute atomic E-state index is 0.00493. The molecule has 1 aromatic heterocycles. The zero-order chi connectivity index (χ0) is 19.3. The molecule has 1 aliphatic heterocycles. The molecule has 2 heterocycles. The van der Waals surface area contributed by atoms with Gasteiger partial charge in [0.1, 0.15) is 23.7 Å². The average Bonchev–Trinajstić information content (AvgIpc) is 3.14. The van der Waals surface area contributed by atoms with Gasteiger partial charge in [0.15, 0.2) is 0 Å². The van der Waals surface area contributed by atoms with Gasteiger partial charge < -0.3 is 5.32 Å². The number of nitrogens with one attached hydrogen (secondary N) is 1. The first-order chi connectivity index (χ1) is 13.6. The molecule has 0 bridgehead atoms. The maximum Gasteiger partial charge on any atom is 0.226 e. The molecule has 0 radical (unpaired) electrons. The number of ketones is 1. The van der Waals surface area contributed by atoms with Crippen LogP contribution in [0, 0.1) is 17.6 Å². The van der Waals surface area contributed by atoms with Gasteiger partial charge in [-0.25, -0.2) is 13.5 Å². The van der Waals surface area contributed by atoms with E-state index in [1.807, 2.05) is 36.4 Å². The highest BCUT2D eigenvalue weighted by Crippen LogP contribution is 2.44. The molecule has 1 N–H and O–H groups in total. The summed E-state index contributed by atoms with van der Waals surface area (Å²) in [7, 11) is 0. The van der Waals surface area contributed by atoms with Crippen LogP contribution in [0.15, 0.2) is 66.6 Å². The van der Waals surface area contributed by atoms with Crippen molar-refractivity contribution < 1.29 is 13.6 Å². The number of anilines is 1. The predicted octanol–water partition coefficient (Wildman–Crippen LogP) is 3.83. The Balaban J connectivity index is 1.64. The molecule has 1 aliphatic carbocycles. The van der Waals surface area contributed by atoms with Crippen LogP contribution in [0.4, 0.5) is 14.7 Å². The SMILES string of the molecule is O=C1C[C@@H](c2ccccc2)C=C2Nc3ncnn3[C@H](c3cc(F)cc(F)c3)[C@@H]12. The van der Waals surface area contributed by atoms with Crippen molar-refractivity contribution in [2.45, 2.75) is 18.4 Å². The number of rotatable bonds is 2. The number of hydrogen-bond acceptors (Lipinski definition) is 4. The van der Waals surface area contributed by atoms with E-state index in [-0.39, 0.29) is 11.7 Å². The molecule has 5 nitrogen and oxygen atoms in total. The van der Waals surface area contributed by atoms with Crippen molar-refractivity contribution in [1.29, 1.82) is 0 Å². The van der Waals surface area contributed by atoms with Crippen molar-refractivity contribution in [3.05, 3.63) is 89.4 Å². The summed E-state index contributed by atoms with van der Waals surface area (Å²) in [5, 5.41) is 7.38. The summed E-state index contributed by atoms with van der Waals surface area (Å²) >= 11 is 0. The number of allylic oxidation sites excluding steroid dienone is 2. The second-order valence-corrected chi connectivity index (χ2v) is 7.09. The molecule has 0 spiro atoms. The molecule has 28 heavy (non-hydrogen) atoms. The zero-order valence-electron chi connectivity index (χ0n) is 14.7. The Hall–Kier alpha value is -3.35. The molecular weight excluding hydrogens is 362 g/mol. The molecule has 0 unspecified atom stereocenters. The molecule has 3 aromatic rings. The van der Waals surface area contributed by atoms with E-state index in [0.717, 1.165) is 11.6 Å². The van der Waals surface area contributed by atoms with Crippen LogP contribution in [0.1, 0.15) is 29.5 Å². The van der Waals surface area contributed by atoms with Crippen LogP contribution in [0.25, 0.3) is 0 Å². The van der Waals surface area contributed by atoms with Gasteiger partial charge in [-0.3, -0.25) is 4.79 Å². The Labute approximate surface area is 159 Å². The Morgan fingerprint density at radius 3 is 2.54 bits per heavy atom. The van der Waals surface area contributed by atoms with E-state index in [1.165, 1.54) is 23.1 Å². The molecule has 0 amide bonds. The molecule has 0 saturated carbocycles. The van der Waals surface area contributed by atoms with Crippen molar-refractivity contribution in [1.82, 2.24) is 14.8 Å². The number of nitrogens with zero attached hydrogens (tertiary/aromatic N) is 3. The Bertz CT molecular complexity index is 1070. The van der Waals surface area contributed by atoms with E-state index in [4.69, 9.17) is 0 Å². The second-order valence-electron chi connectivity index (χ2n) is 7.09. The van der Waals surface area contributed by atoms with Crippen LogP contribution in [-0.4, -0.2) is 20.5 Å². The summed E-state index contributed by atoms with van der Waals surface area (Å²) in [5.41, 5.74) is 2.09. The zero-order valence-corrected chi connectivity index (χ0v) is 14.7. The number of hydrogen-bond donors (Lipinski definition) is 1. The minimum atomic E-state index is -0.689. The van der Waals surface area contributed by atoms with Gasteiger partial charge in [-0.15, -0.1) is 0 Å². The van der Waals surface area contributed by atoms with Crippen LogP contribution in [0.3, 0.4) is 0 Å². The molecule has 0 fully saturated rings. The van der Waals surface area contributed by atoms with Crippen molar-refractivity contribution >= 4 is 11.7 Å². The average molecular weight is 378 g/mol. The van der Waals surface area contributed by atoms with Gasteiger partial charge in [-0.05, 0) is 23.3 Å². The highest BCUT2D eigenvalue weighted by atomic mass is 19.1. The van der Waals surface area contributed by atoms with E-state index >= 15 is 0 Å². The van der Waals surface area contributed by atoms with E-state index in [2.05, 4.69) is 15.4 Å². The molecule has 140 valence electrons. The summed E-state index contributed by atoms with van der Waals surface area (Å²) < 4.78 is 29.3. The van der Waals surface area contributed by atoms with Gasteiger partial charge in [0.25, 0.3) is 0 Å². The predicted molar refractivity (Wildman–Crippen MR) is 98.5 cm³/mol. The van der Waals surface area contributed by atoms with Gasteiger partial charge in [0.2, 0.25) is 5.95 Å². The van der Waals surface area contributed by atoms with Gasteiger partial charge in [-0.2, -0.15) is 10.1 Å². The van der Waals surface area contributed by atoms with Crippen LogP contribution in [0.5, 0.6) is 0 Å². The van der Waals surface area contributed by atoms with Crippen molar-refractivity contribution in [2.24, 2.45) is 5.92 Å². The number of carbonyl (C=O) groups excluding carboxylic acids is 1. The maximum atomic E-state index is 13.9. The van der Waals surface area contributed by atoms with Crippen LogP contribution >= 0.6 is 0 Å². The van der Waals surface area contributed by atoms with E-state index in [1.54, 1.807) is 0 Å². The molecule has 2 aliphatic rings. The monoisotopic (exact) mass is 378 g/mol. The lowest BCUT2D eigenvalue weighted by atomic mass is 9.75. The summed E-state index contributed by atoms with van der Waals surface area (Å²) in [6, 6.07) is 12.4.